The van der Waals surface area contributed by atoms with Crippen LogP contribution < -0.4 is 15.4 Å². The molecular weight excluding hydrogens is 412 g/mol. The van der Waals surface area contributed by atoms with Gasteiger partial charge in [0.25, 0.3) is 0 Å². The maximum atomic E-state index is 12.4. The number of rotatable bonds is 8. The molecule has 0 fully saturated rings. The van der Waals surface area contributed by atoms with Gasteiger partial charge >= 0.3 is 0 Å². The van der Waals surface area contributed by atoms with Crippen LogP contribution in [0.5, 0.6) is 0 Å². The van der Waals surface area contributed by atoms with Crippen LogP contribution in [0.1, 0.15) is 11.4 Å². The van der Waals surface area contributed by atoms with E-state index in [1.54, 1.807) is 25.3 Å². The number of nitrogens with one attached hydrogen (secondary N) is 3. The van der Waals surface area contributed by atoms with Gasteiger partial charge in [0, 0.05) is 30.4 Å². The van der Waals surface area contributed by atoms with E-state index in [1.165, 1.54) is 12.1 Å². The smallest absolute Gasteiger partial charge is 0.240 e. The summed E-state index contributed by atoms with van der Waals surface area (Å²) in [5.41, 5.74) is 0.821. The maximum absolute atomic E-state index is 12.4. The number of hydrogen-bond acceptors (Lipinski definition) is 7. The predicted octanol–water partition coefficient (Wildman–Crippen LogP) is 3.28. The molecule has 3 N–H and O–H groups in total. The Bertz CT molecular complexity index is 1090. The highest BCUT2D eigenvalue weighted by Gasteiger charge is 2.14. The molecule has 0 unspecified atom stereocenters. The van der Waals surface area contributed by atoms with Gasteiger partial charge in [-0.25, -0.2) is 28.1 Å². The molecular formula is C19H21ClN6O2S. The first-order valence-electron chi connectivity index (χ1n) is 8.87. The maximum Gasteiger partial charge on any atom is 0.240 e. The molecule has 0 saturated heterocycles. The Kier molecular flexibility index (Phi) is 6.63. The Morgan fingerprint density at radius 3 is 2.48 bits per heavy atom. The molecule has 3 aromatic rings. The Labute approximate surface area is 174 Å². The van der Waals surface area contributed by atoms with E-state index in [9.17, 15) is 8.42 Å². The number of aromatic nitrogens is 3. The van der Waals surface area contributed by atoms with Crippen molar-refractivity contribution < 1.29 is 8.42 Å². The van der Waals surface area contributed by atoms with Gasteiger partial charge in [0.15, 0.2) is 0 Å². The lowest BCUT2D eigenvalue weighted by molar-refractivity contribution is 0.583. The minimum atomic E-state index is -3.64. The van der Waals surface area contributed by atoms with Crippen LogP contribution in [0.2, 0.25) is 5.02 Å². The van der Waals surface area contributed by atoms with Gasteiger partial charge < -0.3 is 10.6 Å². The fourth-order valence-corrected chi connectivity index (χ4v) is 3.79. The first kappa shape index (κ1) is 21.0. The number of benzene rings is 1. The minimum absolute atomic E-state index is 0.132. The van der Waals surface area contributed by atoms with E-state index >= 15 is 0 Å². The Hall–Kier alpha value is -2.75. The zero-order chi connectivity index (χ0) is 20.9. The molecule has 0 aliphatic heterocycles. The molecule has 0 saturated carbocycles. The van der Waals surface area contributed by atoms with Gasteiger partial charge in [-0.15, -0.1) is 0 Å². The normalized spacial score (nSPS) is 11.3. The summed E-state index contributed by atoms with van der Waals surface area (Å²) in [6, 6.07) is 11.9. The van der Waals surface area contributed by atoms with E-state index < -0.39 is 10.0 Å². The quantitative estimate of drug-likeness (QED) is 0.468. The van der Waals surface area contributed by atoms with Crippen molar-refractivity contribution in [2.45, 2.75) is 18.7 Å². The van der Waals surface area contributed by atoms with E-state index in [1.807, 2.05) is 25.1 Å². The lowest BCUT2D eigenvalue weighted by Crippen LogP contribution is -2.29. The SMILES string of the molecule is Cc1nc(NCCNS(=O)(=O)c2ccc(C)c(Cl)c2)cc(Nc2ccccn2)n1. The third-order valence-electron chi connectivity index (χ3n) is 3.94. The van der Waals surface area contributed by atoms with Crippen LogP contribution in [0.15, 0.2) is 53.6 Å². The molecule has 0 aliphatic carbocycles. The van der Waals surface area contributed by atoms with Gasteiger partial charge in [-0.3, -0.25) is 0 Å². The predicted molar refractivity (Wildman–Crippen MR) is 114 cm³/mol. The molecule has 0 atom stereocenters. The highest BCUT2D eigenvalue weighted by molar-refractivity contribution is 7.89. The van der Waals surface area contributed by atoms with Gasteiger partial charge in [0.05, 0.1) is 4.90 Å². The molecule has 8 nitrogen and oxygen atoms in total. The van der Waals surface area contributed by atoms with Gasteiger partial charge in [-0.05, 0) is 43.7 Å². The monoisotopic (exact) mass is 432 g/mol. The Morgan fingerprint density at radius 2 is 1.76 bits per heavy atom. The topological polar surface area (TPSA) is 109 Å². The Balaban J connectivity index is 1.58. The van der Waals surface area contributed by atoms with Gasteiger partial charge in [0.2, 0.25) is 10.0 Å². The average molecular weight is 433 g/mol. The number of sulfonamides is 1. The van der Waals surface area contributed by atoms with Crippen molar-refractivity contribution in [2.24, 2.45) is 0 Å². The molecule has 0 amide bonds. The Morgan fingerprint density at radius 1 is 0.966 bits per heavy atom. The zero-order valence-electron chi connectivity index (χ0n) is 16.0. The van der Waals surface area contributed by atoms with E-state index in [2.05, 4.69) is 30.3 Å². The molecule has 1 aromatic carbocycles. The summed E-state index contributed by atoms with van der Waals surface area (Å²) in [6.07, 6.45) is 1.68. The fraction of sp³-hybridized carbons (Fsp3) is 0.211. The highest BCUT2D eigenvalue weighted by atomic mass is 35.5. The number of nitrogens with zero attached hydrogens (tertiary/aromatic N) is 3. The summed E-state index contributed by atoms with van der Waals surface area (Å²) in [5, 5.41) is 6.61. The summed E-state index contributed by atoms with van der Waals surface area (Å²) in [6.45, 7) is 4.12. The molecule has 2 heterocycles. The summed E-state index contributed by atoms with van der Waals surface area (Å²) in [4.78, 5) is 13.0. The molecule has 3 rings (SSSR count). The van der Waals surface area contributed by atoms with Crippen LogP contribution in [0, 0.1) is 13.8 Å². The number of anilines is 3. The lowest BCUT2D eigenvalue weighted by atomic mass is 10.2. The van der Waals surface area contributed by atoms with Crippen molar-refractivity contribution in [3.05, 3.63) is 65.1 Å². The second-order valence-electron chi connectivity index (χ2n) is 6.26. The van der Waals surface area contributed by atoms with Crippen LogP contribution in [0.25, 0.3) is 0 Å². The van der Waals surface area contributed by atoms with Crippen molar-refractivity contribution in [1.29, 1.82) is 0 Å². The van der Waals surface area contributed by atoms with Gasteiger partial charge in [-0.1, -0.05) is 23.7 Å². The van der Waals surface area contributed by atoms with Crippen LogP contribution >= 0.6 is 11.6 Å². The van der Waals surface area contributed by atoms with Crippen molar-refractivity contribution in [3.8, 4) is 0 Å². The minimum Gasteiger partial charge on any atom is -0.369 e. The summed E-state index contributed by atoms with van der Waals surface area (Å²) in [5.74, 6) is 2.41. The van der Waals surface area contributed by atoms with Crippen LogP contribution in [0.3, 0.4) is 0 Å². The molecule has 0 bridgehead atoms. The van der Waals surface area contributed by atoms with Crippen molar-refractivity contribution >= 4 is 39.1 Å². The molecule has 29 heavy (non-hydrogen) atoms. The van der Waals surface area contributed by atoms with Gasteiger partial charge in [0.1, 0.15) is 23.3 Å². The van der Waals surface area contributed by atoms with Crippen molar-refractivity contribution in [3.63, 3.8) is 0 Å². The average Bonchev–Trinajstić information content (AvgIpc) is 2.68. The number of aryl methyl sites for hydroxylation is 2. The molecule has 10 heteroatoms. The van der Waals surface area contributed by atoms with E-state index in [4.69, 9.17) is 11.6 Å². The first-order valence-corrected chi connectivity index (χ1v) is 10.7. The molecule has 0 aliphatic rings. The van der Waals surface area contributed by atoms with Crippen molar-refractivity contribution in [2.75, 3.05) is 23.7 Å². The van der Waals surface area contributed by atoms with E-state index in [0.717, 1.165) is 5.56 Å². The highest BCUT2D eigenvalue weighted by Crippen LogP contribution is 2.20. The van der Waals surface area contributed by atoms with Crippen LogP contribution in [0.4, 0.5) is 17.5 Å². The van der Waals surface area contributed by atoms with E-state index in [-0.39, 0.29) is 11.4 Å². The molecule has 152 valence electrons. The number of hydrogen-bond donors (Lipinski definition) is 3. The first-order chi connectivity index (χ1) is 13.8. The number of halogens is 1. The van der Waals surface area contributed by atoms with Crippen LogP contribution in [-0.4, -0.2) is 36.5 Å². The third kappa shape index (κ3) is 5.86. The second-order valence-corrected chi connectivity index (χ2v) is 8.44. The summed E-state index contributed by atoms with van der Waals surface area (Å²) in [7, 11) is -3.64. The second kappa shape index (κ2) is 9.17. The number of pyridine rings is 1. The third-order valence-corrected chi connectivity index (χ3v) is 5.80. The van der Waals surface area contributed by atoms with Gasteiger partial charge in [-0.2, -0.15) is 0 Å². The fourth-order valence-electron chi connectivity index (χ4n) is 2.49. The largest absolute Gasteiger partial charge is 0.369 e. The van der Waals surface area contributed by atoms with Crippen molar-refractivity contribution in [1.82, 2.24) is 19.7 Å². The van der Waals surface area contributed by atoms with Crippen LogP contribution in [-0.2, 0) is 10.0 Å². The van der Waals surface area contributed by atoms with E-state index in [0.29, 0.717) is 34.8 Å². The zero-order valence-corrected chi connectivity index (χ0v) is 17.5. The lowest BCUT2D eigenvalue weighted by Gasteiger charge is -2.11. The summed E-state index contributed by atoms with van der Waals surface area (Å²) >= 11 is 6.02. The molecule has 2 aromatic heterocycles. The standard InChI is InChI=1S/C19H21ClN6O2S/c1-13-6-7-15(11-16(13)20)29(27,28)23-10-9-22-18-12-19(25-14(2)24-18)26-17-5-3-4-8-21-17/h3-8,11-12,23H,9-10H2,1-2H3,(H2,21,22,24,25,26). The molecule has 0 spiro atoms. The molecule has 0 radical (unpaired) electrons. The summed E-state index contributed by atoms with van der Waals surface area (Å²) < 4.78 is 27.3.